The maximum absolute atomic E-state index is 14.1. The molecule has 0 saturated carbocycles. The van der Waals surface area contributed by atoms with Gasteiger partial charge in [-0.2, -0.15) is 14.0 Å². The Bertz CT molecular complexity index is 1090. The van der Waals surface area contributed by atoms with E-state index in [2.05, 4.69) is 16.7 Å². The van der Waals surface area contributed by atoms with Crippen molar-refractivity contribution in [3.8, 4) is 17.2 Å². The Labute approximate surface area is 190 Å². The van der Waals surface area contributed by atoms with Gasteiger partial charge in [0.15, 0.2) is 0 Å². The van der Waals surface area contributed by atoms with Gasteiger partial charge >= 0.3 is 11.8 Å². The number of nitrogens with one attached hydrogen (secondary N) is 2. The Balaban J connectivity index is 1.44. The molecule has 2 aliphatic heterocycles. The quantitative estimate of drug-likeness (QED) is 0.724. The molecule has 1 saturated heterocycles. The highest BCUT2D eigenvalue weighted by Gasteiger charge is 2.51. The van der Waals surface area contributed by atoms with Gasteiger partial charge in [-0.1, -0.05) is 30.3 Å². The summed E-state index contributed by atoms with van der Waals surface area (Å²) in [6, 6.07) is 13.1. The first-order chi connectivity index (χ1) is 15.8. The lowest BCUT2D eigenvalue weighted by atomic mass is 9.98. The van der Waals surface area contributed by atoms with Crippen molar-refractivity contribution < 1.29 is 23.1 Å². The molecule has 1 fully saturated rings. The summed E-state index contributed by atoms with van der Waals surface area (Å²) >= 11 is 0. The maximum Gasteiger partial charge on any atom is 0.352 e. The fraction of sp³-hybridized carbons (Fsp3) is 0.375. The number of fused-ring (bicyclic) bond motifs is 1. The van der Waals surface area contributed by atoms with Crippen LogP contribution in [-0.4, -0.2) is 50.7 Å². The van der Waals surface area contributed by atoms with Crippen LogP contribution in [0.5, 0.6) is 0 Å². The molecule has 9 heteroatoms. The summed E-state index contributed by atoms with van der Waals surface area (Å²) in [5.41, 5.74) is 2.21. The summed E-state index contributed by atoms with van der Waals surface area (Å²) in [7, 11) is 1.33. The molecular formula is C24H24F2N4O3. The Morgan fingerprint density at radius 3 is 2.76 bits per heavy atom. The van der Waals surface area contributed by atoms with E-state index in [4.69, 9.17) is 4.74 Å². The molecule has 0 radical (unpaired) electrons. The number of halogens is 2. The molecule has 33 heavy (non-hydrogen) atoms. The topological polar surface area (TPSA) is 94.5 Å². The van der Waals surface area contributed by atoms with Crippen LogP contribution in [0.4, 0.5) is 14.5 Å². The normalized spacial score (nSPS) is 20.5. The van der Waals surface area contributed by atoms with Crippen molar-refractivity contribution in [2.24, 2.45) is 0 Å². The number of carbonyl (C=O) groups is 2. The molecular weight excluding hydrogens is 430 g/mol. The van der Waals surface area contributed by atoms with E-state index in [1.165, 1.54) is 13.1 Å². The number of nitriles is 1. The number of carbonyl (C=O) groups excluding carboxylic acids is 2. The highest BCUT2D eigenvalue weighted by atomic mass is 19.3. The van der Waals surface area contributed by atoms with Crippen LogP contribution in [0, 0.1) is 11.3 Å². The zero-order valence-corrected chi connectivity index (χ0v) is 18.1. The third-order valence-electron chi connectivity index (χ3n) is 5.91. The first-order valence-corrected chi connectivity index (χ1v) is 10.7. The van der Waals surface area contributed by atoms with E-state index in [-0.39, 0.29) is 17.2 Å². The smallest absolute Gasteiger partial charge is 0.352 e. The lowest BCUT2D eigenvalue weighted by molar-refractivity contribution is -0.141. The third kappa shape index (κ3) is 4.58. The number of nitrogens with zero attached hydrogens (tertiary/aromatic N) is 2. The van der Waals surface area contributed by atoms with E-state index in [0.29, 0.717) is 25.1 Å². The maximum atomic E-state index is 14.1. The van der Waals surface area contributed by atoms with Gasteiger partial charge in [-0.3, -0.25) is 9.59 Å². The highest BCUT2D eigenvalue weighted by molar-refractivity contribution is 6.06. The van der Waals surface area contributed by atoms with Crippen molar-refractivity contribution in [1.29, 1.82) is 5.26 Å². The van der Waals surface area contributed by atoms with Gasteiger partial charge in [0.1, 0.15) is 12.1 Å². The molecule has 0 bridgehead atoms. The second-order valence-corrected chi connectivity index (χ2v) is 8.18. The van der Waals surface area contributed by atoms with Gasteiger partial charge in [0.25, 0.3) is 5.91 Å². The Morgan fingerprint density at radius 2 is 2.03 bits per heavy atom. The van der Waals surface area contributed by atoms with Crippen molar-refractivity contribution in [2.45, 2.75) is 30.9 Å². The van der Waals surface area contributed by atoms with E-state index < -0.39 is 24.0 Å². The van der Waals surface area contributed by atoms with Crippen molar-refractivity contribution >= 4 is 17.5 Å². The molecule has 172 valence electrons. The van der Waals surface area contributed by atoms with Crippen molar-refractivity contribution in [1.82, 2.24) is 10.6 Å². The predicted octanol–water partition coefficient (Wildman–Crippen LogP) is 2.35. The summed E-state index contributed by atoms with van der Waals surface area (Å²) < 4.78 is 33.7. The summed E-state index contributed by atoms with van der Waals surface area (Å²) in [4.78, 5) is 25.2. The van der Waals surface area contributed by atoms with Crippen LogP contribution in [0.1, 0.15) is 17.5 Å². The van der Waals surface area contributed by atoms with Gasteiger partial charge in [-0.25, -0.2) is 0 Å². The third-order valence-corrected chi connectivity index (χ3v) is 5.91. The summed E-state index contributed by atoms with van der Waals surface area (Å²) in [5.74, 6) is -5.07. The monoisotopic (exact) mass is 454 g/mol. The molecule has 2 aliphatic rings. The largest absolute Gasteiger partial charge is 0.367 e. The van der Waals surface area contributed by atoms with Gasteiger partial charge in [0.05, 0.1) is 17.3 Å². The minimum absolute atomic E-state index is 0.189. The molecule has 2 amide bonds. The van der Waals surface area contributed by atoms with E-state index in [1.54, 1.807) is 12.1 Å². The van der Waals surface area contributed by atoms with Gasteiger partial charge in [-0.15, -0.1) is 0 Å². The summed E-state index contributed by atoms with van der Waals surface area (Å²) in [6.45, 7) is 1.69. The number of likely N-dealkylation sites (N-methyl/N-ethyl adjacent to an activating group) is 1. The zero-order valence-electron chi connectivity index (χ0n) is 18.1. The first-order valence-electron chi connectivity index (χ1n) is 10.7. The van der Waals surface area contributed by atoms with Crippen molar-refractivity contribution in [2.75, 3.05) is 31.6 Å². The number of hydrogen-bond acceptors (Lipinski definition) is 5. The van der Waals surface area contributed by atoms with Gasteiger partial charge in [0.2, 0.25) is 0 Å². The number of ether oxygens (including phenoxy) is 1. The van der Waals surface area contributed by atoms with Gasteiger partial charge in [-0.05, 0) is 41.8 Å². The van der Waals surface area contributed by atoms with Crippen molar-refractivity contribution in [3.63, 3.8) is 0 Å². The Kier molecular flexibility index (Phi) is 6.40. The van der Waals surface area contributed by atoms with Crippen molar-refractivity contribution in [3.05, 3.63) is 53.6 Å². The SMILES string of the molecule is CN1C(=O)C(F)(F)c2ccc(-c3ccc(CC(C#N)NC(=O)C4CNCCCO4)cc3)cc21. The number of hydrogen-bond donors (Lipinski definition) is 2. The van der Waals surface area contributed by atoms with E-state index in [0.717, 1.165) is 29.0 Å². The lowest BCUT2D eigenvalue weighted by Gasteiger charge is -2.18. The molecule has 0 spiro atoms. The van der Waals surface area contributed by atoms with Crippen LogP contribution in [0.3, 0.4) is 0 Å². The fourth-order valence-corrected chi connectivity index (χ4v) is 4.04. The van der Waals surface area contributed by atoms with Crippen LogP contribution >= 0.6 is 0 Å². The molecule has 2 aromatic carbocycles. The fourth-order valence-electron chi connectivity index (χ4n) is 4.04. The average molecular weight is 454 g/mol. The summed E-state index contributed by atoms with van der Waals surface area (Å²) in [6.07, 6.45) is 0.524. The molecule has 2 heterocycles. The molecule has 2 N–H and O–H groups in total. The minimum Gasteiger partial charge on any atom is -0.367 e. The van der Waals surface area contributed by atoms with Gasteiger partial charge < -0.3 is 20.3 Å². The molecule has 0 aromatic heterocycles. The minimum atomic E-state index is -3.51. The van der Waals surface area contributed by atoms with Crippen LogP contribution in [0.15, 0.2) is 42.5 Å². The van der Waals surface area contributed by atoms with E-state index >= 15 is 0 Å². The van der Waals surface area contributed by atoms with Crippen LogP contribution in [0.25, 0.3) is 11.1 Å². The highest BCUT2D eigenvalue weighted by Crippen LogP contribution is 2.44. The van der Waals surface area contributed by atoms with E-state index in [9.17, 15) is 23.6 Å². The van der Waals surface area contributed by atoms with Crippen LogP contribution in [-0.2, 0) is 26.7 Å². The first kappa shape index (κ1) is 22.8. The number of amides is 2. The molecule has 0 aliphatic carbocycles. The molecule has 2 aromatic rings. The number of benzene rings is 2. The predicted molar refractivity (Wildman–Crippen MR) is 118 cm³/mol. The van der Waals surface area contributed by atoms with E-state index in [1.807, 2.05) is 24.3 Å². The Hall–Kier alpha value is -3.35. The van der Waals surface area contributed by atoms with Crippen LogP contribution < -0.4 is 15.5 Å². The number of rotatable bonds is 5. The second kappa shape index (κ2) is 9.25. The number of alkyl halides is 2. The van der Waals surface area contributed by atoms with Gasteiger partial charge in [0, 0.05) is 26.6 Å². The molecule has 2 unspecified atom stereocenters. The molecule has 4 rings (SSSR count). The number of anilines is 1. The Morgan fingerprint density at radius 1 is 1.30 bits per heavy atom. The molecule has 7 nitrogen and oxygen atoms in total. The zero-order chi connectivity index (χ0) is 23.6. The standard InChI is InChI=1S/C24H24F2N4O3/c1-30-20-12-17(7-8-19(20)24(25,26)23(30)32)16-5-3-15(4-6-16)11-18(13-27)29-22(31)21-14-28-9-2-10-33-21/h3-8,12,18,21,28H,2,9-11,14H2,1H3,(H,29,31). The lowest BCUT2D eigenvalue weighted by Crippen LogP contribution is -2.46. The van der Waals surface area contributed by atoms with Crippen LogP contribution in [0.2, 0.25) is 0 Å². The molecule has 2 atom stereocenters. The second-order valence-electron chi connectivity index (χ2n) is 8.18. The average Bonchev–Trinajstić information content (AvgIpc) is 3.04. The summed E-state index contributed by atoms with van der Waals surface area (Å²) in [5, 5.41) is 15.4.